The zero-order valence-electron chi connectivity index (χ0n) is 12.8. The van der Waals surface area contributed by atoms with Crippen LogP contribution in [0.5, 0.6) is 0 Å². The third kappa shape index (κ3) is 2.35. The van der Waals surface area contributed by atoms with E-state index in [1.165, 1.54) is 12.8 Å². The maximum atomic E-state index is 12.9. The van der Waals surface area contributed by atoms with Crippen LogP contribution in [-0.4, -0.2) is 58.9 Å². The molecule has 3 unspecified atom stereocenters. The van der Waals surface area contributed by atoms with E-state index in [1.54, 1.807) is 0 Å². The predicted octanol–water partition coefficient (Wildman–Crippen LogP) is 0.739. The lowest BCUT2D eigenvalue weighted by Gasteiger charge is -2.42. The molecule has 2 saturated heterocycles. The van der Waals surface area contributed by atoms with Crippen LogP contribution in [0, 0.1) is 5.92 Å². The molecule has 116 valence electrons. The fraction of sp³-hybridized carbons (Fsp3) is 0.875. The number of rotatable bonds is 4. The Hall–Kier alpha value is -1.10. The van der Waals surface area contributed by atoms with Crippen LogP contribution < -0.4 is 5.32 Å². The summed E-state index contributed by atoms with van der Waals surface area (Å²) in [6.07, 6.45) is 6.53. The van der Waals surface area contributed by atoms with Crippen LogP contribution in [0.2, 0.25) is 0 Å². The Bertz CT molecular complexity index is 458. The Balaban J connectivity index is 1.53. The molecule has 5 heteroatoms. The molecular weight excluding hydrogens is 266 g/mol. The molecule has 0 spiro atoms. The van der Waals surface area contributed by atoms with Gasteiger partial charge in [0, 0.05) is 25.2 Å². The van der Waals surface area contributed by atoms with Crippen molar-refractivity contribution in [1.29, 1.82) is 0 Å². The number of likely N-dealkylation sites (tertiary alicyclic amines) is 1. The van der Waals surface area contributed by atoms with E-state index in [9.17, 15) is 9.59 Å². The molecule has 2 aliphatic heterocycles. The summed E-state index contributed by atoms with van der Waals surface area (Å²) in [7, 11) is 0. The van der Waals surface area contributed by atoms with Crippen molar-refractivity contribution in [2.24, 2.45) is 5.92 Å². The van der Waals surface area contributed by atoms with Crippen LogP contribution in [0.3, 0.4) is 0 Å². The van der Waals surface area contributed by atoms with Gasteiger partial charge in [0.1, 0.15) is 12.1 Å². The molecule has 0 bridgehead atoms. The largest absolute Gasteiger partial charge is 0.342 e. The SMILES string of the molecule is CCC1C(=O)NC(C2CC2)C(=O)N1C1CCN(C2CC2)C1. The lowest BCUT2D eigenvalue weighted by atomic mass is 9.99. The van der Waals surface area contributed by atoms with Crippen LogP contribution in [-0.2, 0) is 9.59 Å². The first-order valence-corrected chi connectivity index (χ1v) is 8.55. The highest BCUT2D eigenvalue weighted by Crippen LogP contribution is 2.37. The fourth-order valence-electron chi connectivity index (χ4n) is 4.08. The summed E-state index contributed by atoms with van der Waals surface area (Å²) in [5.74, 6) is 0.646. The molecule has 2 saturated carbocycles. The predicted molar refractivity (Wildman–Crippen MR) is 78.6 cm³/mol. The molecule has 2 aliphatic carbocycles. The van der Waals surface area contributed by atoms with Crippen molar-refractivity contribution in [3.8, 4) is 0 Å². The third-order valence-electron chi connectivity index (χ3n) is 5.59. The quantitative estimate of drug-likeness (QED) is 0.831. The second kappa shape index (κ2) is 4.97. The van der Waals surface area contributed by atoms with E-state index in [1.807, 2.05) is 11.8 Å². The number of piperazine rings is 1. The van der Waals surface area contributed by atoms with Gasteiger partial charge in [-0.1, -0.05) is 6.92 Å². The fourth-order valence-corrected chi connectivity index (χ4v) is 4.08. The molecule has 21 heavy (non-hydrogen) atoms. The highest BCUT2D eigenvalue weighted by Gasteiger charge is 2.49. The molecule has 0 aromatic rings. The molecule has 2 heterocycles. The molecule has 4 aliphatic rings. The molecule has 3 atom stereocenters. The summed E-state index contributed by atoms with van der Waals surface area (Å²) in [5, 5.41) is 2.99. The lowest BCUT2D eigenvalue weighted by molar-refractivity contribution is -0.152. The summed E-state index contributed by atoms with van der Waals surface area (Å²) in [5.41, 5.74) is 0. The summed E-state index contributed by atoms with van der Waals surface area (Å²) >= 11 is 0. The van der Waals surface area contributed by atoms with Gasteiger partial charge in [-0.25, -0.2) is 0 Å². The van der Waals surface area contributed by atoms with Gasteiger partial charge in [-0.2, -0.15) is 0 Å². The summed E-state index contributed by atoms with van der Waals surface area (Å²) in [4.78, 5) is 29.8. The van der Waals surface area contributed by atoms with Crippen molar-refractivity contribution in [2.45, 2.75) is 69.6 Å². The monoisotopic (exact) mass is 291 g/mol. The molecule has 4 fully saturated rings. The van der Waals surface area contributed by atoms with Gasteiger partial charge in [0.15, 0.2) is 0 Å². The summed E-state index contributed by atoms with van der Waals surface area (Å²) < 4.78 is 0. The maximum Gasteiger partial charge on any atom is 0.246 e. The van der Waals surface area contributed by atoms with Gasteiger partial charge >= 0.3 is 0 Å². The molecule has 0 aromatic heterocycles. The zero-order chi connectivity index (χ0) is 14.6. The molecule has 1 N–H and O–H groups in total. The number of nitrogens with one attached hydrogen (secondary N) is 1. The third-order valence-corrected chi connectivity index (χ3v) is 5.59. The van der Waals surface area contributed by atoms with Crippen LogP contribution in [0.4, 0.5) is 0 Å². The van der Waals surface area contributed by atoms with Gasteiger partial charge < -0.3 is 10.2 Å². The van der Waals surface area contributed by atoms with Crippen molar-refractivity contribution in [3.05, 3.63) is 0 Å². The van der Waals surface area contributed by atoms with E-state index in [4.69, 9.17) is 0 Å². The van der Waals surface area contributed by atoms with E-state index < -0.39 is 0 Å². The summed E-state index contributed by atoms with van der Waals surface area (Å²) in [6, 6.07) is 0.505. The molecular formula is C16H25N3O2. The first-order valence-electron chi connectivity index (χ1n) is 8.55. The van der Waals surface area contributed by atoms with E-state index >= 15 is 0 Å². The second-order valence-corrected chi connectivity index (χ2v) is 7.16. The number of hydrogen-bond donors (Lipinski definition) is 1. The molecule has 4 rings (SSSR count). The van der Waals surface area contributed by atoms with Crippen molar-refractivity contribution >= 4 is 11.8 Å². The molecule has 2 amide bonds. The van der Waals surface area contributed by atoms with Crippen LogP contribution in [0.15, 0.2) is 0 Å². The minimum atomic E-state index is -0.253. The minimum Gasteiger partial charge on any atom is -0.342 e. The van der Waals surface area contributed by atoms with Crippen LogP contribution in [0.1, 0.15) is 45.4 Å². The second-order valence-electron chi connectivity index (χ2n) is 7.16. The number of carbonyl (C=O) groups excluding carboxylic acids is 2. The van der Waals surface area contributed by atoms with Crippen molar-refractivity contribution in [2.75, 3.05) is 13.1 Å². The Kier molecular flexibility index (Phi) is 3.21. The van der Waals surface area contributed by atoms with Crippen LogP contribution in [0.25, 0.3) is 0 Å². The lowest BCUT2D eigenvalue weighted by Crippen LogP contribution is -2.66. The van der Waals surface area contributed by atoms with Crippen molar-refractivity contribution < 1.29 is 9.59 Å². The standard InChI is InChI=1S/C16H25N3O2/c1-2-13-15(20)17-14(10-3-4-10)16(21)19(13)12-7-8-18(9-12)11-5-6-11/h10-14H,2-9H2,1H3,(H,17,20). The van der Waals surface area contributed by atoms with Crippen molar-refractivity contribution in [3.63, 3.8) is 0 Å². The van der Waals surface area contributed by atoms with Gasteiger partial charge in [-0.3, -0.25) is 14.5 Å². The number of hydrogen-bond acceptors (Lipinski definition) is 3. The Morgan fingerprint density at radius 3 is 2.48 bits per heavy atom. The zero-order valence-corrected chi connectivity index (χ0v) is 12.8. The van der Waals surface area contributed by atoms with E-state index in [0.29, 0.717) is 5.92 Å². The topological polar surface area (TPSA) is 52.7 Å². The van der Waals surface area contributed by atoms with E-state index in [0.717, 1.165) is 44.8 Å². The normalized spacial score (nSPS) is 38.0. The minimum absolute atomic E-state index is 0.0684. The Morgan fingerprint density at radius 2 is 1.86 bits per heavy atom. The maximum absolute atomic E-state index is 12.9. The molecule has 5 nitrogen and oxygen atoms in total. The Labute approximate surface area is 126 Å². The van der Waals surface area contributed by atoms with Gasteiger partial charge in [0.2, 0.25) is 11.8 Å². The first kappa shape index (κ1) is 13.6. The number of nitrogens with zero attached hydrogens (tertiary/aromatic N) is 2. The van der Waals surface area contributed by atoms with Gasteiger partial charge in [-0.05, 0) is 44.4 Å². The molecule has 0 aromatic carbocycles. The first-order chi connectivity index (χ1) is 10.2. The highest BCUT2D eigenvalue weighted by molar-refractivity contribution is 5.97. The van der Waals surface area contributed by atoms with Gasteiger partial charge in [-0.15, -0.1) is 0 Å². The summed E-state index contributed by atoms with van der Waals surface area (Å²) in [6.45, 7) is 4.07. The average molecular weight is 291 g/mol. The van der Waals surface area contributed by atoms with Gasteiger partial charge in [0.05, 0.1) is 0 Å². The number of carbonyl (C=O) groups is 2. The average Bonchev–Trinajstić information content (AvgIpc) is 3.39. The smallest absolute Gasteiger partial charge is 0.246 e. The van der Waals surface area contributed by atoms with Gasteiger partial charge in [0.25, 0.3) is 0 Å². The Morgan fingerprint density at radius 1 is 1.10 bits per heavy atom. The molecule has 0 radical (unpaired) electrons. The number of amides is 2. The van der Waals surface area contributed by atoms with Crippen LogP contribution >= 0.6 is 0 Å². The highest BCUT2D eigenvalue weighted by atomic mass is 16.2. The van der Waals surface area contributed by atoms with E-state index in [-0.39, 0.29) is 29.9 Å². The van der Waals surface area contributed by atoms with E-state index in [2.05, 4.69) is 10.2 Å². The van der Waals surface area contributed by atoms with Crippen molar-refractivity contribution in [1.82, 2.24) is 15.1 Å².